The minimum Gasteiger partial charge on any atom is -0.384 e. The number of nitrogens with two attached hydrogens (primary N) is 1. The minimum absolute atomic E-state index is 0.0764. The van der Waals surface area contributed by atoms with Gasteiger partial charge in [-0.25, -0.2) is 9.97 Å². The highest BCUT2D eigenvalue weighted by atomic mass is 16.2. The third-order valence-electron chi connectivity index (χ3n) is 5.85. The zero-order chi connectivity index (χ0) is 20.1. The molecule has 0 unspecified atom stereocenters. The first-order chi connectivity index (χ1) is 13.5. The van der Waals surface area contributed by atoms with Gasteiger partial charge in [-0.15, -0.1) is 0 Å². The van der Waals surface area contributed by atoms with Crippen molar-refractivity contribution in [3.63, 3.8) is 0 Å². The molecular weight excluding hydrogens is 350 g/mol. The van der Waals surface area contributed by atoms with Crippen molar-refractivity contribution < 1.29 is 4.79 Å². The Labute approximate surface area is 167 Å². The van der Waals surface area contributed by atoms with Crippen molar-refractivity contribution in [2.24, 2.45) is 5.92 Å². The second kappa shape index (κ2) is 9.15. The van der Waals surface area contributed by atoms with E-state index in [2.05, 4.69) is 47.9 Å². The molecule has 2 aromatic rings. The summed E-state index contributed by atoms with van der Waals surface area (Å²) < 4.78 is 0. The number of anilines is 1. The maximum atomic E-state index is 13.4. The van der Waals surface area contributed by atoms with Crippen molar-refractivity contribution >= 4 is 11.7 Å². The fourth-order valence-electron chi connectivity index (χ4n) is 3.95. The zero-order valence-electron chi connectivity index (χ0n) is 17.1. The molecule has 3 rings (SSSR count). The van der Waals surface area contributed by atoms with E-state index >= 15 is 0 Å². The number of likely N-dealkylation sites (tertiary alicyclic amines) is 1. The van der Waals surface area contributed by atoms with Crippen LogP contribution in [0.15, 0.2) is 42.6 Å². The lowest BCUT2D eigenvalue weighted by Gasteiger charge is -2.29. The molecule has 0 aliphatic carbocycles. The fourth-order valence-corrected chi connectivity index (χ4v) is 3.95. The topological polar surface area (TPSA) is 75.4 Å². The third-order valence-corrected chi connectivity index (χ3v) is 5.85. The number of rotatable bonds is 7. The number of likely N-dealkylation sites (N-methyl/N-ethyl adjacent to an activating group) is 1. The highest BCUT2D eigenvalue weighted by Crippen LogP contribution is 2.31. The predicted molar refractivity (Wildman–Crippen MR) is 112 cm³/mol. The highest BCUT2D eigenvalue weighted by Gasteiger charge is 2.35. The number of carbonyl (C=O) groups excluding carboxylic acids is 1. The summed E-state index contributed by atoms with van der Waals surface area (Å²) in [6, 6.07) is 12.2. The summed E-state index contributed by atoms with van der Waals surface area (Å²) in [7, 11) is 2.06. The summed E-state index contributed by atoms with van der Waals surface area (Å²) in [6.45, 7) is 6.50. The van der Waals surface area contributed by atoms with E-state index in [1.54, 1.807) is 12.3 Å². The Morgan fingerprint density at radius 3 is 2.75 bits per heavy atom. The summed E-state index contributed by atoms with van der Waals surface area (Å²) >= 11 is 0. The molecule has 1 aromatic heterocycles. The lowest BCUT2D eigenvalue weighted by molar-refractivity contribution is -0.133. The smallest absolute Gasteiger partial charge is 0.230 e. The molecule has 28 heavy (non-hydrogen) atoms. The minimum atomic E-state index is -0.0764. The van der Waals surface area contributed by atoms with Crippen molar-refractivity contribution in [2.75, 3.05) is 25.9 Å². The van der Waals surface area contributed by atoms with Crippen LogP contribution in [0.5, 0.6) is 0 Å². The average Bonchev–Trinajstić information content (AvgIpc) is 3.19. The molecule has 1 amide bonds. The molecule has 0 spiro atoms. The lowest BCUT2D eigenvalue weighted by atomic mass is 9.84. The van der Waals surface area contributed by atoms with Gasteiger partial charge in [0.15, 0.2) is 0 Å². The Morgan fingerprint density at radius 1 is 1.32 bits per heavy atom. The van der Waals surface area contributed by atoms with Crippen LogP contribution in [0.3, 0.4) is 0 Å². The van der Waals surface area contributed by atoms with Crippen molar-refractivity contribution in [1.82, 2.24) is 19.8 Å². The molecule has 1 fully saturated rings. The van der Waals surface area contributed by atoms with Crippen LogP contribution in [0.4, 0.5) is 5.82 Å². The van der Waals surface area contributed by atoms with Gasteiger partial charge in [-0.2, -0.15) is 0 Å². The van der Waals surface area contributed by atoms with Gasteiger partial charge in [0.05, 0.1) is 12.5 Å². The molecule has 3 atom stereocenters. The van der Waals surface area contributed by atoms with Crippen molar-refractivity contribution in [3.8, 4) is 0 Å². The van der Waals surface area contributed by atoms with E-state index in [4.69, 9.17) is 5.73 Å². The first-order valence-corrected chi connectivity index (χ1v) is 10.1. The van der Waals surface area contributed by atoms with Gasteiger partial charge >= 0.3 is 0 Å². The van der Waals surface area contributed by atoms with Crippen LogP contribution in [0.1, 0.15) is 44.0 Å². The molecule has 1 aromatic carbocycles. The van der Waals surface area contributed by atoms with Gasteiger partial charge in [-0.1, -0.05) is 50.6 Å². The van der Waals surface area contributed by atoms with Gasteiger partial charge in [0.2, 0.25) is 5.91 Å². The summed E-state index contributed by atoms with van der Waals surface area (Å²) in [5, 5.41) is 0. The summed E-state index contributed by atoms with van der Waals surface area (Å²) in [5.41, 5.74) is 6.87. The first-order valence-electron chi connectivity index (χ1n) is 10.1. The normalized spacial score (nSPS) is 19.0. The SMILES string of the molecule is CC[C@H](C)[C@H](C(=O)N1CC[C@@H](N(C)Cc2nccc(N)n2)C1)c1ccccc1. The van der Waals surface area contributed by atoms with Crippen LogP contribution in [0.25, 0.3) is 0 Å². The Kier molecular flexibility index (Phi) is 6.62. The maximum Gasteiger partial charge on any atom is 0.230 e. The second-order valence-electron chi connectivity index (χ2n) is 7.81. The van der Waals surface area contributed by atoms with Crippen LogP contribution in [0.2, 0.25) is 0 Å². The second-order valence-corrected chi connectivity index (χ2v) is 7.81. The Balaban J connectivity index is 1.66. The molecule has 1 aliphatic rings. The molecule has 1 saturated heterocycles. The van der Waals surface area contributed by atoms with E-state index in [1.165, 1.54) is 0 Å². The third kappa shape index (κ3) is 4.68. The maximum absolute atomic E-state index is 13.4. The standard InChI is InChI=1S/C22H31N5O/c1-4-16(2)21(17-8-6-5-7-9-17)22(28)27-13-11-18(14-27)26(3)15-20-24-12-10-19(23)25-20/h5-10,12,16,18,21H,4,11,13-15H2,1-3H3,(H2,23,24,25)/t16-,18+,21-/m0/s1. The molecule has 1 aliphatic heterocycles. The number of benzene rings is 1. The Hall–Kier alpha value is -2.47. The van der Waals surface area contributed by atoms with E-state index in [9.17, 15) is 4.79 Å². The van der Waals surface area contributed by atoms with Gasteiger partial charge in [-0.3, -0.25) is 9.69 Å². The van der Waals surface area contributed by atoms with Gasteiger partial charge in [0, 0.05) is 25.3 Å². The number of hydrogen-bond acceptors (Lipinski definition) is 5. The van der Waals surface area contributed by atoms with Crippen molar-refractivity contribution in [2.45, 2.75) is 45.2 Å². The zero-order valence-corrected chi connectivity index (χ0v) is 17.1. The van der Waals surface area contributed by atoms with Crippen LogP contribution in [0, 0.1) is 5.92 Å². The summed E-state index contributed by atoms with van der Waals surface area (Å²) in [6.07, 6.45) is 3.63. The van der Waals surface area contributed by atoms with E-state index in [1.807, 2.05) is 23.1 Å². The lowest BCUT2D eigenvalue weighted by Crippen LogP contribution is -2.39. The fraction of sp³-hybridized carbons (Fsp3) is 0.500. The summed E-state index contributed by atoms with van der Waals surface area (Å²) in [5.74, 6) is 1.69. The van der Waals surface area contributed by atoms with Crippen molar-refractivity contribution in [1.29, 1.82) is 0 Å². The van der Waals surface area contributed by atoms with Crippen LogP contribution >= 0.6 is 0 Å². The molecule has 0 radical (unpaired) electrons. The molecule has 0 bridgehead atoms. The molecule has 0 saturated carbocycles. The van der Waals surface area contributed by atoms with Gasteiger partial charge < -0.3 is 10.6 Å². The highest BCUT2D eigenvalue weighted by molar-refractivity contribution is 5.84. The number of nitrogen functional groups attached to an aromatic ring is 1. The van der Waals surface area contributed by atoms with E-state index in [0.717, 1.165) is 31.5 Å². The van der Waals surface area contributed by atoms with Gasteiger partial charge in [0.25, 0.3) is 0 Å². The predicted octanol–water partition coefficient (Wildman–Crippen LogP) is 2.92. The van der Waals surface area contributed by atoms with Crippen LogP contribution in [-0.4, -0.2) is 51.9 Å². The molecule has 2 N–H and O–H groups in total. The van der Waals surface area contributed by atoms with Gasteiger partial charge in [0.1, 0.15) is 11.6 Å². The number of amides is 1. The Bertz CT molecular complexity index is 782. The molecule has 2 heterocycles. The monoisotopic (exact) mass is 381 g/mol. The number of aromatic nitrogens is 2. The van der Waals surface area contributed by atoms with Crippen molar-refractivity contribution in [3.05, 3.63) is 54.0 Å². The molecular formula is C22H31N5O. The van der Waals surface area contributed by atoms with Gasteiger partial charge in [-0.05, 0) is 31.0 Å². The molecule has 6 nitrogen and oxygen atoms in total. The largest absolute Gasteiger partial charge is 0.384 e. The van der Waals surface area contributed by atoms with E-state index in [-0.39, 0.29) is 11.8 Å². The first kappa shape index (κ1) is 20.3. The number of hydrogen-bond donors (Lipinski definition) is 1. The van der Waals surface area contributed by atoms with Crippen LogP contribution in [-0.2, 0) is 11.3 Å². The number of nitrogens with zero attached hydrogens (tertiary/aromatic N) is 4. The average molecular weight is 382 g/mol. The Morgan fingerprint density at radius 2 is 2.07 bits per heavy atom. The molecule has 6 heteroatoms. The van der Waals surface area contributed by atoms with E-state index in [0.29, 0.717) is 30.1 Å². The number of carbonyl (C=O) groups is 1. The molecule has 150 valence electrons. The quantitative estimate of drug-likeness (QED) is 0.798. The van der Waals surface area contributed by atoms with Crippen LogP contribution < -0.4 is 5.73 Å². The summed E-state index contributed by atoms with van der Waals surface area (Å²) in [4.78, 5) is 26.2. The van der Waals surface area contributed by atoms with E-state index < -0.39 is 0 Å².